The summed E-state index contributed by atoms with van der Waals surface area (Å²) in [6.07, 6.45) is 1.54. The average Bonchev–Trinajstić information content (AvgIpc) is 3.57. The van der Waals surface area contributed by atoms with Crippen molar-refractivity contribution in [1.82, 2.24) is 0 Å². The van der Waals surface area contributed by atoms with E-state index in [1.165, 1.54) is 0 Å². The van der Waals surface area contributed by atoms with Gasteiger partial charge in [-0.25, -0.2) is 9.59 Å². The maximum absolute atomic E-state index is 13.4. The van der Waals surface area contributed by atoms with Gasteiger partial charge in [0.2, 0.25) is 11.6 Å². The lowest BCUT2D eigenvalue weighted by Gasteiger charge is -2.32. The zero-order chi connectivity index (χ0) is 30.7. The van der Waals surface area contributed by atoms with E-state index in [1.54, 1.807) is 14.2 Å². The zero-order valence-electron chi connectivity index (χ0n) is 23.8. The van der Waals surface area contributed by atoms with Gasteiger partial charge in [-0.15, -0.1) is 23.2 Å². The quantitative estimate of drug-likeness (QED) is 0.190. The van der Waals surface area contributed by atoms with Gasteiger partial charge < -0.3 is 19.1 Å². The van der Waals surface area contributed by atoms with E-state index in [-0.39, 0.29) is 60.4 Å². The summed E-state index contributed by atoms with van der Waals surface area (Å²) >= 11 is 11.2. The third-order valence-electron chi connectivity index (χ3n) is 8.12. The monoisotopic (exact) mass is 628 g/mol. The van der Waals surface area contributed by atoms with Crippen LogP contribution in [0.1, 0.15) is 68.7 Å². The third-order valence-corrected chi connectivity index (χ3v) is 8.49. The molecule has 0 bridgehead atoms. The first-order valence-corrected chi connectivity index (χ1v) is 14.9. The van der Waals surface area contributed by atoms with Crippen molar-refractivity contribution in [1.29, 1.82) is 0 Å². The van der Waals surface area contributed by atoms with Gasteiger partial charge >= 0.3 is 11.9 Å². The molecule has 0 spiro atoms. The van der Waals surface area contributed by atoms with E-state index in [0.29, 0.717) is 37.2 Å². The average molecular weight is 629 g/mol. The number of carbonyl (C=O) groups excluding carboxylic acids is 4. The van der Waals surface area contributed by atoms with E-state index in [0.717, 1.165) is 33.4 Å². The van der Waals surface area contributed by atoms with Crippen molar-refractivity contribution in [3.8, 4) is 11.1 Å². The highest BCUT2D eigenvalue weighted by Crippen LogP contribution is 2.55. The second-order valence-corrected chi connectivity index (χ2v) is 11.3. The van der Waals surface area contributed by atoms with Crippen LogP contribution >= 0.6 is 23.2 Å². The minimum atomic E-state index is -0.624. The highest BCUT2D eigenvalue weighted by Gasteiger charge is 2.46. The van der Waals surface area contributed by atoms with Gasteiger partial charge in [0, 0.05) is 68.6 Å². The van der Waals surface area contributed by atoms with Crippen LogP contribution in [0.4, 0.5) is 0 Å². The zero-order valence-corrected chi connectivity index (χ0v) is 25.3. The van der Waals surface area contributed by atoms with Crippen LogP contribution in [0.2, 0.25) is 0 Å². The lowest BCUT2D eigenvalue weighted by Crippen LogP contribution is -2.29. The molecule has 0 unspecified atom stereocenters. The second kappa shape index (κ2) is 13.1. The highest BCUT2D eigenvalue weighted by molar-refractivity contribution is 6.50. The standard InChI is InChI=1S/C31H30Cl2N2O8/c1-40-9-5-31(6-10-41-2)23-15-19-17(13-25(29(19)38)34-42-27(36)3-7-32)11-21(23)22-12-18-14-26(35-43-28(37)4-8-33)30(39)20(18)16-24(22)31/h11-12,15-16H,3-10,13-14H2,1-2H3/b34-25-,35-26+. The van der Waals surface area contributed by atoms with Gasteiger partial charge in [-0.1, -0.05) is 10.3 Å². The molecular weight excluding hydrogens is 599 g/mol. The number of nitrogens with zero attached hydrogens (tertiary/aromatic N) is 2. The van der Waals surface area contributed by atoms with Crippen LogP contribution < -0.4 is 0 Å². The molecule has 5 rings (SSSR count). The molecule has 10 nitrogen and oxygen atoms in total. The minimum absolute atomic E-state index is 0.0127. The predicted molar refractivity (Wildman–Crippen MR) is 159 cm³/mol. The lowest BCUT2D eigenvalue weighted by atomic mass is 9.72. The molecule has 0 saturated carbocycles. The fourth-order valence-corrected chi connectivity index (χ4v) is 6.35. The van der Waals surface area contributed by atoms with Gasteiger partial charge in [-0.05, 0) is 70.5 Å². The molecule has 0 heterocycles. The number of ether oxygens (including phenoxy) is 2. The molecule has 0 N–H and O–H groups in total. The van der Waals surface area contributed by atoms with Crippen molar-refractivity contribution < 1.29 is 38.3 Å². The van der Waals surface area contributed by atoms with Gasteiger partial charge in [0.1, 0.15) is 11.4 Å². The Balaban J connectivity index is 1.60. The Morgan fingerprint density at radius 3 is 1.51 bits per heavy atom. The van der Waals surface area contributed by atoms with Crippen LogP contribution in [0.3, 0.4) is 0 Å². The molecule has 0 saturated heterocycles. The molecule has 3 aliphatic carbocycles. The van der Waals surface area contributed by atoms with E-state index in [1.807, 2.05) is 24.3 Å². The summed E-state index contributed by atoms with van der Waals surface area (Å²) in [5, 5.41) is 7.70. The predicted octanol–water partition coefficient (Wildman–Crippen LogP) is 4.56. The fourth-order valence-electron chi connectivity index (χ4n) is 6.04. The number of carbonyl (C=O) groups is 4. The lowest BCUT2D eigenvalue weighted by molar-refractivity contribution is -0.144. The number of fused-ring (bicyclic) bond motifs is 5. The number of Topliss-reactive ketones (excluding diaryl/α,β-unsaturated/α-hetero) is 2. The number of oxime groups is 2. The number of ketones is 2. The van der Waals surface area contributed by atoms with Crippen LogP contribution in [0, 0.1) is 0 Å². The Kier molecular flexibility index (Phi) is 9.41. The molecule has 2 aromatic carbocycles. The molecule has 0 aromatic heterocycles. The summed E-state index contributed by atoms with van der Waals surface area (Å²) in [4.78, 5) is 60.2. The number of hydrogen-bond acceptors (Lipinski definition) is 10. The van der Waals surface area contributed by atoms with Crippen molar-refractivity contribution in [3.63, 3.8) is 0 Å². The molecule has 3 aliphatic rings. The number of methoxy groups -OCH3 is 2. The summed E-state index contributed by atoms with van der Waals surface area (Å²) in [7, 11) is 3.25. The van der Waals surface area contributed by atoms with Gasteiger partial charge in [-0.2, -0.15) is 0 Å². The van der Waals surface area contributed by atoms with Crippen molar-refractivity contribution in [2.45, 2.75) is 43.9 Å². The summed E-state index contributed by atoms with van der Waals surface area (Å²) in [5.41, 5.74) is 5.92. The smallest absolute Gasteiger partial charge is 0.336 e. The summed E-state index contributed by atoms with van der Waals surface area (Å²) in [5.74, 6) is -1.64. The first kappa shape index (κ1) is 31.0. The van der Waals surface area contributed by atoms with Crippen molar-refractivity contribution in [2.24, 2.45) is 10.3 Å². The van der Waals surface area contributed by atoms with Gasteiger partial charge in [0.15, 0.2) is 0 Å². The SMILES string of the molecule is COCCC1(CCOC)c2cc3c(cc2-c2cc4c(cc21)C(=O)/C(=N/OC(=O)CCCl)C4)C/C(=N/OC(=O)CCCl)C3=O. The Hall–Kier alpha value is -3.44. The number of hydrogen-bond donors (Lipinski definition) is 0. The van der Waals surface area contributed by atoms with E-state index in [4.69, 9.17) is 42.4 Å². The van der Waals surface area contributed by atoms with Crippen LogP contribution in [-0.4, -0.2) is 74.1 Å². The molecule has 2 aromatic rings. The Labute approximate surface area is 258 Å². The molecule has 0 amide bonds. The Morgan fingerprint density at radius 1 is 0.721 bits per heavy atom. The Bertz CT molecular complexity index is 1450. The number of rotatable bonds is 12. The number of alkyl halides is 2. The first-order valence-electron chi connectivity index (χ1n) is 13.9. The van der Waals surface area contributed by atoms with E-state index >= 15 is 0 Å². The molecule has 43 heavy (non-hydrogen) atoms. The number of benzene rings is 2. The van der Waals surface area contributed by atoms with E-state index in [9.17, 15) is 19.2 Å². The van der Waals surface area contributed by atoms with Crippen molar-refractivity contribution >= 4 is 58.1 Å². The van der Waals surface area contributed by atoms with Crippen molar-refractivity contribution in [3.05, 3.63) is 57.6 Å². The largest absolute Gasteiger partial charge is 0.385 e. The van der Waals surface area contributed by atoms with Crippen LogP contribution in [0.5, 0.6) is 0 Å². The highest BCUT2D eigenvalue weighted by atomic mass is 35.5. The maximum Gasteiger partial charge on any atom is 0.336 e. The van der Waals surface area contributed by atoms with E-state index in [2.05, 4.69) is 10.3 Å². The van der Waals surface area contributed by atoms with Crippen LogP contribution in [-0.2, 0) is 47.0 Å². The summed E-state index contributed by atoms with van der Waals surface area (Å²) < 4.78 is 11.0. The molecular formula is C31H30Cl2N2O8. The molecule has 0 radical (unpaired) electrons. The third kappa shape index (κ3) is 5.76. The normalized spacial score (nSPS) is 17.7. The summed E-state index contributed by atoms with van der Waals surface area (Å²) in [6.45, 7) is 0.843. The first-order chi connectivity index (χ1) is 20.8. The molecule has 226 valence electrons. The van der Waals surface area contributed by atoms with Gasteiger partial charge in [0.05, 0.1) is 12.8 Å². The Morgan fingerprint density at radius 2 is 1.14 bits per heavy atom. The summed E-state index contributed by atoms with van der Waals surface area (Å²) in [6, 6.07) is 7.77. The topological polar surface area (TPSA) is 130 Å². The van der Waals surface area contributed by atoms with Crippen LogP contribution in [0.15, 0.2) is 34.6 Å². The van der Waals surface area contributed by atoms with Crippen LogP contribution in [0.25, 0.3) is 11.1 Å². The fraction of sp³-hybridized carbons (Fsp3) is 0.419. The van der Waals surface area contributed by atoms with Gasteiger partial charge in [-0.3, -0.25) is 9.59 Å². The number of halogens is 2. The van der Waals surface area contributed by atoms with E-state index < -0.39 is 17.4 Å². The molecule has 0 aliphatic heterocycles. The van der Waals surface area contributed by atoms with Gasteiger partial charge in [0.25, 0.3) is 0 Å². The van der Waals surface area contributed by atoms with Crippen molar-refractivity contribution in [2.75, 3.05) is 39.2 Å². The molecule has 0 atom stereocenters. The second-order valence-electron chi connectivity index (χ2n) is 10.6. The molecule has 12 heteroatoms. The molecule has 0 fully saturated rings. The minimum Gasteiger partial charge on any atom is -0.385 e. The maximum atomic E-state index is 13.4.